The lowest BCUT2D eigenvalue weighted by Crippen LogP contribution is -2.17. The molecule has 0 amide bonds. The summed E-state index contributed by atoms with van der Waals surface area (Å²) >= 11 is 0. The Morgan fingerprint density at radius 2 is 2.00 bits per heavy atom. The van der Waals surface area contributed by atoms with Crippen LogP contribution in [0.1, 0.15) is 11.1 Å². The predicted molar refractivity (Wildman–Crippen MR) is 61.4 cm³/mol. The minimum absolute atomic E-state index is 0.198. The molecule has 17 heavy (non-hydrogen) atoms. The van der Waals surface area contributed by atoms with E-state index in [0.29, 0.717) is 5.56 Å². The Balaban J connectivity index is 2.37. The number of nitrogens with one attached hydrogen (secondary N) is 1. The first kappa shape index (κ1) is 12.1. The summed E-state index contributed by atoms with van der Waals surface area (Å²) in [5.74, 6) is -1.14. The summed E-state index contributed by atoms with van der Waals surface area (Å²) in [6.07, 6.45) is 0. The van der Waals surface area contributed by atoms with Crippen molar-refractivity contribution in [2.75, 3.05) is 0 Å². The summed E-state index contributed by atoms with van der Waals surface area (Å²) in [6, 6.07) is 4.02. The molecule has 2 N–H and O–H groups in total. The molecule has 1 aromatic rings. The van der Waals surface area contributed by atoms with Crippen LogP contribution in [-0.2, 0) is 14.6 Å². The van der Waals surface area contributed by atoms with Gasteiger partial charge in [0.15, 0.2) is 9.84 Å². The molecule has 1 saturated heterocycles. The first-order chi connectivity index (χ1) is 7.84. The smallest absolute Gasteiger partial charge is 0.323 e. The van der Waals surface area contributed by atoms with Crippen LogP contribution in [0.3, 0.4) is 0 Å². The Morgan fingerprint density at radius 1 is 1.35 bits per heavy atom. The highest BCUT2D eigenvalue weighted by molar-refractivity contribution is 7.92. The molecule has 1 aliphatic heterocycles. The topological polar surface area (TPSA) is 93.4 Å². The van der Waals surface area contributed by atoms with Gasteiger partial charge in [-0.25, -0.2) is 8.42 Å². The van der Waals surface area contributed by atoms with Crippen molar-refractivity contribution < 1.29 is 18.3 Å². The fourth-order valence-corrected chi connectivity index (χ4v) is 3.69. The van der Waals surface area contributed by atoms with Crippen LogP contribution in [0.5, 0.6) is 0 Å². The lowest BCUT2D eigenvalue weighted by Gasteiger charge is -2.06. The summed E-state index contributed by atoms with van der Waals surface area (Å²) in [5, 5.41) is 10.2. The molecule has 0 radical (unpaired) electrons. The van der Waals surface area contributed by atoms with Gasteiger partial charge < -0.3 is 5.11 Å². The molecule has 1 fully saturated rings. The second-order valence-corrected chi connectivity index (χ2v) is 6.25. The number of sulfone groups is 1. The summed E-state index contributed by atoms with van der Waals surface area (Å²) in [6.45, 7) is 3.58. The summed E-state index contributed by atoms with van der Waals surface area (Å²) in [4.78, 5) is 10.9. The second kappa shape index (κ2) is 3.82. The molecule has 1 aliphatic rings. The van der Waals surface area contributed by atoms with E-state index in [0.717, 1.165) is 5.56 Å². The Hall–Kier alpha value is -1.40. The maximum atomic E-state index is 12.1. The molecule has 6 heteroatoms. The van der Waals surface area contributed by atoms with Crippen molar-refractivity contribution in [1.82, 2.24) is 5.32 Å². The van der Waals surface area contributed by atoms with Gasteiger partial charge in [-0.1, -0.05) is 17.7 Å². The van der Waals surface area contributed by atoms with Crippen molar-refractivity contribution in [3.8, 4) is 0 Å². The number of benzene rings is 1. The molecular formula is C11H13NO4S. The van der Waals surface area contributed by atoms with Crippen LogP contribution in [-0.4, -0.2) is 30.9 Å². The van der Waals surface area contributed by atoms with Gasteiger partial charge in [-0.05, 0) is 25.5 Å². The standard InChI is InChI=1S/C11H13NO4S/c1-6-3-4-8(7(2)5-6)17(15,16)10-9(12-10)11(13)14/h3-5,9-10,12H,1-2H3,(H,13,14)/t9-,10+/m1/s1. The zero-order chi connectivity index (χ0) is 12.8. The number of aryl methyl sites for hydroxylation is 2. The van der Waals surface area contributed by atoms with Crippen molar-refractivity contribution in [3.63, 3.8) is 0 Å². The second-order valence-electron chi connectivity index (χ2n) is 4.22. The average molecular weight is 255 g/mol. The molecule has 0 saturated carbocycles. The van der Waals surface area contributed by atoms with Gasteiger partial charge in [0.25, 0.3) is 0 Å². The van der Waals surface area contributed by atoms with Crippen LogP contribution in [0, 0.1) is 13.8 Å². The van der Waals surface area contributed by atoms with Crippen LogP contribution < -0.4 is 5.32 Å². The van der Waals surface area contributed by atoms with Crippen LogP contribution in [0.15, 0.2) is 23.1 Å². The van der Waals surface area contributed by atoms with Gasteiger partial charge in [0, 0.05) is 0 Å². The third kappa shape index (κ3) is 2.05. The SMILES string of the molecule is Cc1ccc(S(=O)(=O)[C@@H]2N[C@H]2C(=O)O)c(C)c1. The van der Waals surface area contributed by atoms with E-state index in [1.807, 2.05) is 6.92 Å². The van der Waals surface area contributed by atoms with E-state index in [2.05, 4.69) is 5.32 Å². The fourth-order valence-electron chi connectivity index (χ4n) is 1.85. The first-order valence-electron chi connectivity index (χ1n) is 5.14. The number of hydrogen-bond donors (Lipinski definition) is 2. The van der Waals surface area contributed by atoms with Crippen molar-refractivity contribution in [2.45, 2.75) is 30.2 Å². The number of carboxylic acid groups (broad SMARTS) is 1. The molecule has 0 aromatic heterocycles. The molecule has 92 valence electrons. The molecule has 2 atom stereocenters. The van der Waals surface area contributed by atoms with Crippen molar-refractivity contribution >= 4 is 15.8 Å². The molecule has 0 bridgehead atoms. The number of carbonyl (C=O) groups is 1. The minimum atomic E-state index is -3.60. The van der Waals surface area contributed by atoms with Gasteiger partial charge in [-0.3, -0.25) is 10.1 Å². The van der Waals surface area contributed by atoms with E-state index in [4.69, 9.17) is 5.11 Å². The van der Waals surface area contributed by atoms with Crippen molar-refractivity contribution in [2.24, 2.45) is 0 Å². The largest absolute Gasteiger partial charge is 0.480 e. The van der Waals surface area contributed by atoms with E-state index in [1.54, 1.807) is 19.1 Å². The normalized spacial score (nSPS) is 23.4. The molecule has 1 aromatic carbocycles. The molecular weight excluding hydrogens is 242 g/mol. The lowest BCUT2D eigenvalue weighted by atomic mass is 10.2. The zero-order valence-corrected chi connectivity index (χ0v) is 10.3. The monoisotopic (exact) mass is 255 g/mol. The number of aliphatic carboxylic acids is 1. The zero-order valence-electron chi connectivity index (χ0n) is 9.47. The maximum absolute atomic E-state index is 12.1. The molecule has 1 heterocycles. The van der Waals surface area contributed by atoms with Crippen LogP contribution in [0.2, 0.25) is 0 Å². The molecule has 0 unspecified atom stereocenters. The third-order valence-electron chi connectivity index (χ3n) is 2.77. The summed E-state index contributed by atoms with van der Waals surface area (Å²) in [7, 11) is -3.60. The highest BCUT2D eigenvalue weighted by Gasteiger charge is 2.52. The van der Waals surface area contributed by atoms with Gasteiger partial charge in [0.1, 0.15) is 11.4 Å². The van der Waals surface area contributed by atoms with Crippen molar-refractivity contribution in [3.05, 3.63) is 29.3 Å². The van der Waals surface area contributed by atoms with Crippen LogP contribution in [0.25, 0.3) is 0 Å². The van der Waals surface area contributed by atoms with Gasteiger partial charge in [0.2, 0.25) is 0 Å². The fraction of sp³-hybridized carbons (Fsp3) is 0.364. The number of hydrogen-bond acceptors (Lipinski definition) is 4. The van der Waals surface area contributed by atoms with Crippen LogP contribution in [0.4, 0.5) is 0 Å². The minimum Gasteiger partial charge on any atom is -0.480 e. The average Bonchev–Trinajstić information content (AvgIpc) is 2.96. The lowest BCUT2D eigenvalue weighted by molar-refractivity contribution is -0.136. The van der Waals surface area contributed by atoms with E-state index < -0.39 is 27.2 Å². The maximum Gasteiger partial charge on any atom is 0.323 e. The predicted octanol–water partition coefficient (Wildman–Crippen LogP) is 0.460. The van der Waals surface area contributed by atoms with Crippen molar-refractivity contribution in [1.29, 1.82) is 0 Å². The quantitative estimate of drug-likeness (QED) is 0.765. The Bertz CT molecular complexity index is 579. The van der Waals surface area contributed by atoms with Gasteiger partial charge >= 0.3 is 5.97 Å². The third-order valence-corrected chi connectivity index (χ3v) is 4.92. The Labute approximate surface area is 99.4 Å². The van der Waals surface area contributed by atoms with E-state index in [9.17, 15) is 13.2 Å². The molecule has 0 aliphatic carbocycles. The Kier molecular flexibility index (Phi) is 2.71. The van der Waals surface area contributed by atoms with E-state index in [-0.39, 0.29) is 4.90 Å². The van der Waals surface area contributed by atoms with E-state index >= 15 is 0 Å². The van der Waals surface area contributed by atoms with Gasteiger partial charge in [-0.2, -0.15) is 0 Å². The first-order valence-corrected chi connectivity index (χ1v) is 6.68. The van der Waals surface area contributed by atoms with Crippen LogP contribution >= 0.6 is 0 Å². The number of carboxylic acids is 1. The molecule has 2 rings (SSSR count). The highest BCUT2D eigenvalue weighted by Crippen LogP contribution is 2.28. The summed E-state index contributed by atoms with van der Waals surface area (Å²) in [5.41, 5.74) is 1.61. The molecule has 5 nitrogen and oxygen atoms in total. The Morgan fingerprint density at radius 3 is 2.47 bits per heavy atom. The molecule has 0 spiro atoms. The van der Waals surface area contributed by atoms with Gasteiger partial charge in [-0.15, -0.1) is 0 Å². The number of rotatable bonds is 3. The van der Waals surface area contributed by atoms with Gasteiger partial charge in [0.05, 0.1) is 4.90 Å². The van der Waals surface area contributed by atoms with E-state index in [1.165, 1.54) is 6.07 Å². The summed E-state index contributed by atoms with van der Waals surface area (Å²) < 4.78 is 24.2. The highest BCUT2D eigenvalue weighted by atomic mass is 32.2.